The monoisotopic (exact) mass is 187 g/mol. The molecule has 0 aromatic heterocycles. The molecule has 0 atom stereocenters. The molecule has 0 rings (SSSR count). The van der Waals surface area contributed by atoms with Gasteiger partial charge in [-0.15, -0.1) is 0 Å². The molecule has 0 heterocycles. The summed E-state index contributed by atoms with van der Waals surface area (Å²) in [4.78, 5) is 6.30. The second kappa shape index (κ2) is 7.18. The molecule has 0 saturated carbocycles. The molecular weight excluding hydrogens is 170 g/mol. The molecule has 0 fully saturated rings. The molecule has 4 heteroatoms. The Labute approximate surface area is 79.9 Å². The predicted octanol–water partition coefficient (Wildman–Crippen LogP) is 0.903. The highest BCUT2D eigenvalue weighted by atomic mass is 32.1. The predicted molar refractivity (Wildman–Crippen MR) is 57.9 cm³/mol. The number of hydrogen-bond donors (Lipinski definition) is 1. The minimum atomic E-state index is 0.544. The molecule has 70 valence electrons. The highest BCUT2D eigenvalue weighted by molar-refractivity contribution is 7.80. The fraction of sp³-hybridized carbons (Fsp3) is 0.750. The Balaban J connectivity index is 3.64. The molecule has 0 bridgehead atoms. The average molecular weight is 187 g/mol. The summed E-state index contributed by atoms with van der Waals surface area (Å²) in [6.07, 6.45) is 1.84. The molecule has 0 aliphatic rings. The summed E-state index contributed by atoms with van der Waals surface area (Å²) in [5.41, 5.74) is 0. The lowest BCUT2D eigenvalue weighted by atomic mass is 10.5. The summed E-state index contributed by atoms with van der Waals surface area (Å²) in [6, 6.07) is 0. The highest BCUT2D eigenvalue weighted by Gasteiger charge is 1.94. The molecule has 0 unspecified atom stereocenters. The molecule has 0 aromatic rings. The molecule has 0 spiro atoms. The third-order valence-corrected chi connectivity index (χ3v) is 1.97. The van der Waals surface area contributed by atoms with Crippen molar-refractivity contribution >= 4 is 23.5 Å². The van der Waals surface area contributed by atoms with Gasteiger partial charge in [-0.1, -0.05) is 13.8 Å². The van der Waals surface area contributed by atoms with E-state index in [2.05, 4.69) is 29.1 Å². The lowest BCUT2D eigenvalue weighted by Crippen LogP contribution is -2.25. The normalized spacial score (nSPS) is 11.0. The van der Waals surface area contributed by atoms with Crippen molar-refractivity contribution in [2.24, 2.45) is 4.99 Å². The van der Waals surface area contributed by atoms with Crippen LogP contribution in [0.5, 0.6) is 0 Å². The molecule has 3 nitrogen and oxygen atoms in total. The maximum Gasteiger partial charge on any atom is 0.192 e. The number of thiocarbonyl (C=S) groups is 1. The van der Waals surface area contributed by atoms with Crippen LogP contribution in [0.1, 0.15) is 13.8 Å². The number of rotatable bonds is 4. The minimum Gasteiger partial charge on any atom is -0.364 e. The van der Waals surface area contributed by atoms with E-state index in [9.17, 15) is 0 Å². The molecule has 0 saturated heterocycles. The van der Waals surface area contributed by atoms with Crippen molar-refractivity contribution < 1.29 is 0 Å². The summed E-state index contributed by atoms with van der Waals surface area (Å²) in [5, 5.41) is 3.33. The molecule has 1 N–H and O–H groups in total. The van der Waals surface area contributed by atoms with Crippen molar-refractivity contribution in [3.63, 3.8) is 0 Å². The zero-order valence-electron chi connectivity index (χ0n) is 8.00. The number of nitrogens with one attached hydrogen (secondary N) is 1. The summed E-state index contributed by atoms with van der Waals surface area (Å²) >= 11 is 4.85. The zero-order valence-corrected chi connectivity index (χ0v) is 8.82. The summed E-state index contributed by atoms with van der Waals surface area (Å²) in [7, 11) is 1.77. The summed E-state index contributed by atoms with van der Waals surface area (Å²) in [6.45, 7) is 7.24. The average Bonchev–Trinajstić information content (AvgIpc) is 2.12. The van der Waals surface area contributed by atoms with Gasteiger partial charge in [-0.25, -0.2) is 4.99 Å². The smallest absolute Gasteiger partial charge is 0.192 e. The molecule has 12 heavy (non-hydrogen) atoms. The molecule has 0 radical (unpaired) electrons. The van der Waals surface area contributed by atoms with E-state index in [1.54, 1.807) is 7.05 Å². The Morgan fingerprint density at radius 1 is 1.50 bits per heavy atom. The first-order valence-electron chi connectivity index (χ1n) is 4.21. The quantitative estimate of drug-likeness (QED) is 0.523. The largest absolute Gasteiger partial charge is 0.364 e. The third kappa shape index (κ3) is 5.21. The van der Waals surface area contributed by atoms with Crippen molar-refractivity contribution in [3.8, 4) is 0 Å². The van der Waals surface area contributed by atoms with Gasteiger partial charge < -0.3 is 5.32 Å². The Hall–Kier alpha value is -0.480. The van der Waals surface area contributed by atoms with Gasteiger partial charge in [0.25, 0.3) is 0 Å². The van der Waals surface area contributed by atoms with Crippen LogP contribution in [0.15, 0.2) is 4.99 Å². The van der Waals surface area contributed by atoms with Gasteiger partial charge in [0.2, 0.25) is 0 Å². The molecular formula is C8H17N3S. The third-order valence-electron chi connectivity index (χ3n) is 1.66. The van der Waals surface area contributed by atoms with Crippen LogP contribution in [0.25, 0.3) is 0 Å². The standard InChI is InChI=1S/C8H17N3S/c1-4-11(5-2)7-6-10-8(12)9-3/h6H,4-5,7H2,1-3H3,(H,9,12). The van der Waals surface area contributed by atoms with Crippen molar-refractivity contribution in [2.45, 2.75) is 13.8 Å². The van der Waals surface area contributed by atoms with E-state index in [4.69, 9.17) is 12.2 Å². The van der Waals surface area contributed by atoms with Crippen LogP contribution in [0.2, 0.25) is 0 Å². The molecule has 0 aromatic carbocycles. The van der Waals surface area contributed by atoms with Crippen LogP contribution in [-0.4, -0.2) is 42.9 Å². The first-order valence-corrected chi connectivity index (χ1v) is 4.62. The number of nitrogens with zero attached hydrogens (tertiary/aromatic N) is 2. The topological polar surface area (TPSA) is 27.6 Å². The maximum atomic E-state index is 4.85. The van der Waals surface area contributed by atoms with Crippen molar-refractivity contribution in [3.05, 3.63) is 0 Å². The van der Waals surface area contributed by atoms with Crippen molar-refractivity contribution in [1.82, 2.24) is 10.2 Å². The molecule has 0 aliphatic heterocycles. The van der Waals surface area contributed by atoms with Crippen LogP contribution in [-0.2, 0) is 0 Å². The van der Waals surface area contributed by atoms with Gasteiger partial charge in [0.1, 0.15) is 0 Å². The molecule has 0 amide bonds. The van der Waals surface area contributed by atoms with Crippen LogP contribution < -0.4 is 5.32 Å². The van der Waals surface area contributed by atoms with E-state index in [0.717, 1.165) is 19.6 Å². The second-order valence-corrected chi connectivity index (χ2v) is 2.74. The molecule has 0 aliphatic carbocycles. The lowest BCUT2D eigenvalue weighted by Gasteiger charge is -2.14. The van der Waals surface area contributed by atoms with Gasteiger partial charge in [-0.3, -0.25) is 4.90 Å². The number of aliphatic imine (C=N–C) groups is 1. The van der Waals surface area contributed by atoms with E-state index < -0.39 is 0 Å². The Morgan fingerprint density at radius 2 is 2.08 bits per heavy atom. The Morgan fingerprint density at radius 3 is 2.50 bits per heavy atom. The second-order valence-electron chi connectivity index (χ2n) is 2.35. The SMILES string of the molecule is CCN(CC)CC=NC(=S)NC. The van der Waals surface area contributed by atoms with E-state index in [1.807, 2.05) is 6.21 Å². The van der Waals surface area contributed by atoms with Gasteiger partial charge in [-0.2, -0.15) is 0 Å². The van der Waals surface area contributed by atoms with Gasteiger partial charge in [0.05, 0.1) is 0 Å². The minimum absolute atomic E-state index is 0.544. The van der Waals surface area contributed by atoms with Gasteiger partial charge in [0, 0.05) is 19.8 Å². The fourth-order valence-electron chi connectivity index (χ4n) is 0.786. The summed E-state index contributed by atoms with van der Waals surface area (Å²) < 4.78 is 0. The van der Waals surface area contributed by atoms with E-state index in [1.165, 1.54) is 0 Å². The summed E-state index contributed by atoms with van der Waals surface area (Å²) in [5.74, 6) is 0. The van der Waals surface area contributed by atoms with E-state index in [-0.39, 0.29) is 0 Å². The first kappa shape index (κ1) is 11.5. The van der Waals surface area contributed by atoms with Gasteiger partial charge in [-0.05, 0) is 25.3 Å². The van der Waals surface area contributed by atoms with Crippen molar-refractivity contribution in [1.29, 1.82) is 0 Å². The highest BCUT2D eigenvalue weighted by Crippen LogP contribution is 1.83. The Kier molecular flexibility index (Phi) is 6.90. The van der Waals surface area contributed by atoms with Gasteiger partial charge in [0.15, 0.2) is 5.11 Å². The zero-order chi connectivity index (χ0) is 9.40. The van der Waals surface area contributed by atoms with E-state index >= 15 is 0 Å². The van der Waals surface area contributed by atoms with Crippen LogP contribution in [0.3, 0.4) is 0 Å². The van der Waals surface area contributed by atoms with Crippen LogP contribution in [0.4, 0.5) is 0 Å². The van der Waals surface area contributed by atoms with Crippen LogP contribution in [0, 0.1) is 0 Å². The van der Waals surface area contributed by atoms with E-state index in [0.29, 0.717) is 5.11 Å². The maximum absolute atomic E-state index is 4.85. The van der Waals surface area contributed by atoms with Gasteiger partial charge >= 0.3 is 0 Å². The fourth-order valence-corrected chi connectivity index (χ4v) is 0.860. The number of hydrogen-bond acceptors (Lipinski definition) is 2. The van der Waals surface area contributed by atoms with Crippen molar-refractivity contribution in [2.75, 3.05) is 26.7 Å². The van der Waals surface area contributed by atoms with Crippen LogP contribution >= 0.6 is 12.2 Å². The Bertz CT molecular complexity index is 152. The first-order chi connectivity index (χ1) is 5.74. The lowest BCUT2D eigenvalue weighted by molar-refractivity contribution is 0.350.